The van der Waals surface area contributed by atoms with Crippen LogP contribution < -0.4 is 10.9 Å². The van der Waals surface area contributed by atoms with Crippen LogP contribution in [0, 0.1) is 0 Å². The van der Waals surface area contributed by atoms with Crippen molar-refractivity contribution in [2.45, 2.75) is 17.4 Å². The van der Waals surface area contributed by atoms with Crippen molar-refractivity contribution in [2.75, 3.05) is 0 Å². The summed E-state index contributed by atoms with van der Waals surface area (Å²) >= 11 is 0. The highest BCUT2D eigenvalue weighted by atomic mass is 32.2. The van der Waals surface area contributed by atoms with Crippen LogP contribution in [-0.4, -0.2) is 25.5 Å². The van der Waals surface area contributed by atoms with E-state index in [1.807, 2.05) is 0 Å². The zero-order valence-corrected chi connectivity index (χ0v) is 9.15. The second-order valence-electron chi connectivity index (χ2n) is 3.34. The summed E-state index contributed by atoms with van der Waals surface area (Å²) in [4.78, 5) is 10.5. The summed E-state index contributed by atoms with van der Waals surface area (Å²) in [6.45, 7) is 0. The maximum Gasteiger partial charge on any atom is 0.320 e. The van der Waals surface area contributed by atoms with Gasteiger partial charge in [0, 0.05) is 0 Å². The number of benzene rings is 1. The van der Waals surface area contributed by atoms with Crippen molar-refractivity contribution in [1.82, 2.24) is 0 Å². The molecule has 0 aromatic heterocycles. The van der Waals surface area contributed by atoms with Gasteiger partial charge in [0.05, 0.1) is 4.90 Å². The summed E-state index contributed by atoms with van der Waals surface area (Å²) in [6.07, 6.45) is 0.139. The van der Waals surface area contributed by atoms with Gasteiger partial charge in [-0.1, -0.05) is 12.1 Å². The van der Waals surface area contributed by atoms with Crippen LogP contribution in [0.1, 0.15) is 5.56 Å². The predicted molar refractivity (Wildman–Crippen MR) is 57.1 cm³/mol. The molecule has 0 spiro atoms. The van der Waals surface area contributed by atoms with Crippen LogP contribution in [0.15, 0.2) is 29.2 Å². The first kappa shape index (κ1) is 12.6. The molecule has 1 unspecified atom stereocenters. The summed E-state index contributed by atoms with van der Waals surface area (Å²) in [5, 5.41) is 13.5. The lowest BCUT2D eigenvalue weighted by molar-refractivity contribution is -0.138. The van der Waals surface area contributed by atoms with E-state index in [1.54, 1.807) is 0 Å². The number of hydrogen-bond acceptors (Lipinski definition) is 4. The topological polar surface area (TPSA) is 123 Å². The Hall–Kier alpha value is -1.44. The van der Waals surface area contributed by atoms with E-state index in [0.29, 0.717) is 5.56 Å². The minimum Gasteiger partial charge on any atom is -0.480 e. The van der Waals surface area contributed by atoms with Crippen molar-refractivity contribution in [2.24, 2.45) is 10.9 Å². The normalized spacial score (nSPS) is 13.4. The molecule has 0 saturated heterocycles. The SMILES string of the molecule is NC(Cc1ccc(S(N)(=O)=O)cc1)C(=O)O. The molecule has 6 nitrogen and oxygen atoms in total. The van der Waals surface area contributed by atoms with E-state index in [9.17, 15) is 13.2 Å². The summed E-state index contributed by atoms with van der Waals surface area (Å²) < 4.78 is 21.9. The van der Waals surface area contributed by atoms with E-state index in [0.717, 1.165) is 0 Å². The molecule has 0 amide bonds. The first-order valence-electron chi connectivity index (χ1n) is 4.41. The fourth-order valence-electron chi connectivity index (χ4n) is 1.16. The number of aliphatic carboxylic acids is 1. The second kappa shape index (κ2) is 4.60. The third-order valence-electron chi connectivity index (χ3n) is 2.02. The van der Waals surface area contributed by atoms with Gasteiger partial charge >= 0.3 is 5.97 Å². The Labute approximate surface area is 92.9 Å². The zero-order chi connectivity index (χ0) is 12.3. The van der Waals surface area contributed by atoms with Gasteiger partial charge in [0.25, 0.3) is 0 Å². The molecule has 1 atom stereocenters. The monoisotopic (exact) mass is 244 g/mol. The molecule has 88 valence electrons. The van der Waals surface area contributed by atoms with Crippen molar-refractivity contribution >= 4 is 16.0 Å². The standard InChI is InChI=1S/C9H12N2O4S/c10-8(9(12)13)5-6-1-3-7(4-2-6)16(11,14)15/h1-4,8H,5,10H2,(H,12,13)(H2,11,14,15). The molecule has 16 heavy (non-hydrogen) atoms. The van der Waals surface area contributed by atoms with E-state index >= 15 is 0 Å². The molecule has 1 rings (SSSR count). The Morgan fingerprint density at radius 3 is 2.19 bits per heavy atom. The van der Waals surface area contributed by atoms with Crippen LogP contribution in [0.4, 0.5) is 0 Å². The molecule has 5 N–H and O–H groups in total. The lowest BCUT2D eigenvalue weighted by Crippen LogP contribution is -2.32. The molecule has 0 aliphatic rings. The van der Waals surface area contributed by atoms with E-state index in [4.69, 9.17) is 16.0 Å². The van der Waals surface area contributed by atoms with Crippen LogP contribution >= 0.6 is 0 Å². The highest BCUT2D eigenvalue weighted by Gasteiger charge is 2.13. The molecule has 0 bridgehead atoms. The average Bonchev–Trinajstić information content (AvgIpc) is 2.17. The first-order chi connectivity index (χ1) is 7.30. The molecule has 0 fully saturated rings. The number of hydrogen-bond donors (Lipinski definition) is 3. The van der Waals surface area contributed by atoms with Crippen LogP contribution in [-0.2, 0) is 21.2 Å². The molecule has 0 radical (unpaired) electrons. The van der Waals surface area contributed by atoms with Crippen LogP contribution in [0.2, 0.25) is 0 Å². The number of carboxylic acid groups (broad SMARTS) is 1. The number of carboxylic acids is 1. The number of rotatable bonds is 4. The van der Waals surface area contributed by atoms with E-state index in [1.165, 1.54) is 24.3 Å². The molecule has 1 aromatic rings. The molecular weight excluding hydrogens is 232 g/mol. The number of primary sulfonamides is 1. The fourth-order valence-corrected chi connectivity index (χ4v) is 1.67. The fraction of sp³-hybridized carbons (Fsp3) is 0.222. The van der Waals surface area contributed by atoms with E-state index < -0.39 is 22.0 Å². The molecule has 0 heterocycles. The van der Waals surface area contributed by atoms with Crippen LogP contribution in [0.5, 0.6) is 0 Å². The summed E-state index contributed by atoms with van der Waals surface area (Å²) in [5.41, 5.74) is 5.97. The van der Waals surface area contributed by atoms with Gasteiger partial charge in [0.1, 0.15) is 6.04 Å². The van der Waals surface area contributed by atoms with Crippen molar-refractivity contribution in [3.8, 4) is 0 Å². The largest absolute Gasteiger partial charge is 0.480 e. The van der Waals surface area contributed by atoms with E-state index in [-0.39, 0.29) is 11.3 Å². The number of carbonyl (C=O) groups is 1. The highest BCUT2D eigenvalue weighted by Crippen LogP contribution is 2.09. The zero-order valence-electron chi connectivity index (χ0n) is 8.33. The van der Waals surface area contributed by atoms with Gasteiger partial charge in [-0.25, -0.2) is 13.6 Å². The van der Waals surface area contributed by atoms with Gasteiger partial charge in [-0.05, 0) is 24.1 Å². The smallest absolute Gasteiger partial charge is 0.320 e. The Kier molecular flexibility index (Phi) is 3.63. The second-order valence-corrected chi connectivity index (χ2v) is 4.90. The lowest BCUT2D eigenvalue weighted by Gasteiger charge is -2.06. The van der Waals surface area contributed by atoms with E-state index in [2.05, 4.69) is 0 Å². The average molecular weight is 244 g/mol. The van der Waals surface area contributed by atoms with Gasteiger partial charge in [0.2, 0.25) is 10.0 Å². The first-order valence-corrected chi connectivity index (χ1v) is 5.95. The summed E-state index contributed by atoms with van der Waals surface area (Å²) in [7, 11) is -3.71. The van der Waals surface area contributed by atoms with Crippen LogP contribution in [0.25, 0.3) is 0 Å². The molecule has 1 aromatic carbocycles. The van der Waals surface area contributed by atoms with Crippen molar-refractivity contribution in [1.29, 1.82) is 0 Å². The maximum absolute atomic E-state index is 10.9. The van der Waals surface area contributed by atoms with Crippen molar-refractivity contribution in [3.05, 3.63) is 29.8 Å². The minimum absolute atomic E-state index is 0.0138. The van der Waals surface area contributed by atoms with Crippen molar-refractivity contribution in [3.63, 3.8) is 0 Å². The Morgan fingerprint density at radius 1 is 1.31 bits per heavy atom. The van der Waals surface area contributed by atoms with Gasteiger partial charge in [-0.2, -0.15) is 0 Å². The third kappa shape index (κ3) is 3.30. The Bertz CT molecular complexity index is 481. The minimum atomic E-state index is -3.71. The molecular formula is C9H12N2O4S. The Morgan fingerprint density at radius 2 is 1.81 bits per heavy atom. The molecule has 0 aliphatic carbocycles. The summed E-state index contributed by atoms with van der Waals surface area (Å²) in [5.74, 6) is -1.10. The Balaban J connectivity index is 2.84. The van der Waals surface area contributed by atoms with Gasteiger partial charge in [-0.3, -0.25) is 4.79 Å². The van der Waals surface area contributed by atoms with Gasteiger partial charge in [0.15, 0.2) is 0 Å². The third-order valence-corrected chi connectivity index (χ3v) is 2.95. The maximum atomic E-state index is 10.9. The number of sulfonamides is 1. The molecule has 7 heteroatoms. The van der Waals surface area contributed by atoms with Crippen LogP contribution in [0.3, 0.4) is 0 Å². The summed E-state index contributed by atoms with van der Waals surface area (Å²) in [6, 6.07) is 4.61. The van der Waals surface area contributed by atoms with Gasteiger partial charge in [-0.15, -0.1) is 0 Å². The highest BCUT2D eigenvalue weighted by molar-refractivity contribution is 7.89. The molecule has 0 aliphatic heterocycles. The quantitative estimate of drug-likeness (QED) is 0.645. The molecule has 0 saturated carbocycles. The van der Waals surface area contributed by atoms with Crippen molar-refractivity contribution < 1.29 is 18.3 Å². The van der Waals surface area contributed by atoms with Gasteiger partial charge < -0.3 is 10.8 Å². The number of nitrogens with two attached hydrogens (primary N) is 2. The predicted octanol–water partition coefficient (Wildman–Crippen LogP) is -0.712. The lowest BCUT2D eigenvalue weighted by atomic mass is 10.1.